The van der Waals surface area contributed by atoms with Crippen LogP contribution in [0.2, 0.25) is 0 Å². The molecule has 2 rings (SSSR count). The molecule has 2 unspecified atom stereocenters. The molecule has 0 aromatic carbocycles. The van der Waals surface area contributed by atoms with E-state index in [1.807, 2.05) is 0 Å². The Balaban J connectivity index is 1.93. The molecule has 1 aliphatic heterocycles. The van der Waals surface area contributed by atoms with Gasteiger partial charge in [-0.2, -0.15) is 0 Å². The molecule has 1 heteroatoms. The second-order valence-corrected chi connectivity index (χ2v) is 3.96. The van der Waals surface area contributed by atoms with Gasteiger partial charge in [0.2, 0.25) is 0 Å². The first kappa shape index (κ1) is 6.66. The Hall–Kier alpha value is -0.0400. The highest BCUT2D eigenvalue weighted by Crippen LogP contribution is 2.44. The molecule has 1 saturated heterocycles. The zero-order chi connectivity index (χ0) is 6.97. The molecule has 1 N–H and O–H groups in total. The molecular weight excluding hydrogens is 122 g/mol. The van der Waals surface area contributed by atoms with Crippen LogP contribution in [0.5, 0.6) is 0 Å². The van der Waals surface area contributed by atoms with Gasteiger partial charge in [-0.1, -0.05) is 6.92 Å². The zero-order valence-corrected chi connectivity index (χ0v) is 6.77. The molecular formula is C9H17N. The molecule has 2 fully saturated rings. The number of hydrogen-bond donors (Lipinski definition) is 1. The van der Waals surface area contributed by atoms with Gasteiger partial charge in [0.15, 0.2) is 0 Å². The first-order valence-electron chi connectivity index (χ1n) is 4.58. The molecule has 1 heterocycles. The maximum atomic E-state index is 3.47. The molecule has 2 aliphatic rings. The minimum Gasteiger partial charge on any atom is -0.317 e. The quantitative estimate of drug-likeness (QED) is 0.538. The van der Waals surface area contributed by atoms with E-state index in [0.717, 1.165) is 17.8 Å². The van der Waals surface area contributed by atoms with Crippen molar-refractivity contribution < 1.29 is 0 Å². The van der Waals surface area contributed by atoms with E-state index < -0.39 is 0 Å². The second-order valence-electron chi connectivity index (χ2n) is 3.96. The molecule has 1 nitrogen and oxygen atoms in total. The summed E-state index contributed by atoms with van der Waals surface area (Å²) in [6.07, 6.45) is 4.38. The molecule has 1 aliphatic carbocycles. The van der Waals surface area contributed by atoms with E-state index in [1.165, 1.54) is 32.4 Å². The molecule has 10 heavy (non-hydrogen) atoms. The van der Waals surface area contributed by atoms with Crippen LogP contribution < -0.4 is 5.32 Å². The lowest BCUT2D eigenvalue weighted by Crippen LogP contribution is -2.34. The van der Waals surface area contributed by atoms with Crippen LogP contribution >= 0.6 is 0 Å². The number of rotatable bonds is 0. The summed E-state index contributed by atoms with van der Waals surface area (Å²) < 4.78 is 0. The Morgan fingerprint density at radius 3 is 2.80 bits per heavy atom. The zero-order valence-electron chi connectivity index (χ0n) is 6.77. The van der Waals surface area contributed by atoms with Gasteiger partial charge in [0.25, 0.3) is 0 Å². The van der Waals surface area contributed by atoms with E-state index in [1.54, 1.807) is 0 Å². The smallest absolute Gasteiger partial charge is 0.00461 e. The Morgan fingerprint density at radius 2 is 2.00 bits per heavy atom. The van der Waals surface area contributed by atoms with Crippen molar-refractivity contribution in [3.8, 4) is 0 Å². The first-order valence-corrected chi connectivity index (χ1v) is 4.58. The van der Waals surface area contributed by atoms with E-state index in [-0.39, 0.29) is 0 Å². The van der Waals surface area contributed by atoms with Gasteiger partial charge in [0, 0.05) is 0 Å². The number of fused-ring (bicyclic) bond motifs is 1. The fourth-order valence-corrected chi connectivity index (χ4v) is 2.63. The third-order valence-electron chi connectivity index (χ3n) is 3.36. The summed E-state index contributed by atoms with van der Waals surface area (Å²) in [5.41, 5.74) is 0. The SMILES string of the molecule is CC1CC2CCNCC[C@H]12. The number of nitrogens with one attached hydrogen (secondary N) is 1. The van der Waals surface area contributed by atoms with Crippen molar-refractivity contribution >= 4 is 0 Å². The van der Waals surface area contributed by atoms with Crippen LogP contribution in [-0.4, -0.2) is 13.1 Å². The predicted molar refractivity (Wildman–Crippen MR) is 42.9 cm³/mol. The molecule has 0 aromatic rings. The van der Waals surface area contributed by atoms with Crippen LogP contribution in [0.15, 0.2) is 0 Å². The molecule has 1 saturated carbocycles. The maximum absolute atomic E-state index is 3.47. The molecule has 0 radical (unpaired) electrons. The van der Waals surface area contributed by atoms with Gasteiger partial charge in [0.1, 0.15) is 0 Å². The van der Waals surface area contributed by atoms with Crippen molar-refractivity contribution in [2.75, 3.05) is 13.1 Å². The van der Waals surface area contributed by atoms with Gasteiger partial charge < -0.3 is 5.32 Å². The van der Waals surface area contributed by atoms with Crippen LogP contribution in [0.4, 0.5) is 0 Å². The Kier molecular flexibility index (Phi) is 1.69. The van der Waals surface area contributed by atoms with Gasteiger partial charge in [-0.05, 0) is 50.1 Å². The molecule has 3 atom stereocenters. The summed E-state index contributed by atoms with van der Waals surface area (Å²) in [5, 5.41) is 3.47. The molecule has 0 amide bonds. The van der Waals surface area contributed by atoms with Crippen molar-refractivity contribution in [1.82, 2.24) is 5.32 Å². The van der Waals surface area contributed by atoms with E-state index in [9.17, 15) is 0 Å². The van der Waals surface area contributed by atoms with Crippen LogP contribution in [0.25, 0.3) is 0 Å². The second kappa shape index (κ2) is 2.54. The molecule has 0 bridgehead atoms. The van der Waals surface area contributed by atoms with Crippen LogP contribution in [0, 0.1) is 17.8 Å². The topological polar surface area (TPSA) is 12.0 Å². The van der Waals surface area contributed by atoms with Crippen LogP contribution in [0.3, 0.4) is 0 Å². The van der Waals surface area contributed by atoms with Crippen LogP contribution in [-0.2, 0) is 0 Å². The van der Waals surface area contributed by atoms with Crippen molar-refractivity contribution in [2.45, 2.75) is 26.2 Å². The predicted octanol–water partition coefficient (Wildman–Crippen LogP) is 1.64. The highest BCUT2D eigenvalue weighted by Gasteiger charge is 2.37. The highest BCUT2D eigenvalue weighted by atomic mass is 14.9. The van der Waals surface area contributed by atoms with E-state index >= 15 is 0 Å². The summed E-state index contributed by atoms with van der Waals surface area (Å²) in [6, 6.07) is 0. The largest absolute Gasteiger partial charge is 0.317 e. The number of hydrogen-bond acceptors (Lipinski definition) is 1. The van der Waals surface area contributed by atoms with Crippen molar-refractivity contribution in [3.05, 3.63) is 0 Å². The van der Waals surface area contributed by atoms with Crippen LogP contribution in [0.1, 0.15) is 26.2 Å². The highest BCUT2D eigenvalue weighted by molar-refractivity contribution is 4.88. The van der Waals surface area contributed by atoms with Gasteiger partial charge in [-0.25, -0.2) is 0 Å². The normalized spacial score (nSPS) is 47.1. The lowest BCUT2D eigenvalue weighted by Gasteiger charge is -2.42. The fraction of sp³-hybridized carbons (Fsp3) is 1.00. The van der Waals surface area contributed by atoms with Gasteiger partial charge in [-0.3, -0.25) is 0 Å². The molecule has 58 valence electrons. The summed E-state index contributed by atoms with van der Waals surface area (Å²) in [4.78, 5) is 0. The third-order valence-corrected chi connectivity index (χ3v) is 3.36. The lowest BCUT2D eigenvalue weighted by molar-refractivity contribution is 0.0831. The summed E-state index contributed by atoms with van der Waals surface area (Å²) in [7, 11) is 0. The minimum absolute atomic E-state index is 1.03. The molecule has 0 spiro atoms. The summed E-state index contributed by atoms with van der Waals surface area (Å²) >= 11 is 0. The van der Waals surface area contributed by atoms with Crippen molar-refractivity contribution in [2.24, 2.45) is 17.8 Å². The van der Waals surface area contributed by atoms with E-state index in [4.69, 9.17) is 0 Å². The van der Waals surface area contributed by atoms with Crippen molar-refractivity contribution in [3.63, 3.8) is 0 Å². The van der Waals surface area contributed by atoms with Crippen molar-refractivity contribution in [1.29, 1.82) is 0 Å². The van der Waals surface area contributed by atoms with E-state index in [0.29, 0.717) is 0 Å². The summed E-state index contributed by atoms with van der Waals surface area (Å²) in [6.45, 7) is 4.95. The maximum Gasteiger partial charge on any atom is -0.00461 e. The Bertz CT molecular complexity index is 122. The van der Waals surface area contributed by atoms with Gasteiger partial charge >= 0.3 is 0 Å². The van der Waals surface area contributed by atoms with Gasteiger partial charge in [0.05, 0.1) is 0 Å². The molecule has 0 aromatic heterocycles. The Morgan fingerprint density at radius 1 is 1.20 bits per heavy atom. The standard InChI is InChI=1S/C9H17N/c1-7-6-8-2-4-10-5-3-9(7)8/h7-10H,2-6H2,1H3/t7?,8?,9-/m1/s1. The monoisotopic (exact) mass is 139 g/mol. The first-order chi connectivity index (χ1) is 4.88. The van der Waals surface area contributed by atoms with E-state index in [2.05, 4.69) is 12.2 Å². The average molecular weight is 139 g/mol. The lowest BCUT2D eigenvalue weighted by atomic mass is 9.63. The van der Waals surface area contributed by atoms with Gasteiger partial charge in [-0.15, -0.1) is 0 Å². The minimum atomic E-state index is 1.03. The fourth-order valence-electron chi connectivity index (χ4n) is 2.63. The third kappa shape index (κ3) is 0.968. The average Bonchev–Trinajstić information content (AvgIpc) is 2.09. The Labute approximate surface area is 63.2 Å². The summed E-state index contributed by atoms with van der Waals surface area (Å²) in [5.74, 6) is 3.20.